The lowest BCUT2D eigenvalue weighted by atomic mass is 10.1. The van der Waals surface area contributed by atoms with Crippen molar-refractivity contribution < 1.29 is 13.9 Å². The molecular weight excluding hydrogens is 213 g/mol. The first kappa shape index (κ1) is 10.4. The molecule has 16 heavy (non-hydrogen) atoms. The standard InChI is InChI=1S/C11H8FNO3/c1-16-11(15)8-5-7(12)4-6-2-3-9(14)13-10(6)8/h2-5H,1H3,(H,13,14). The van der Waals surface area contributed by atoms with Crippen molar-refractivity contribution in [2.24, 2.45) is 0 Å². The normalized spacial score (nSPS) is 10.4. The molecule has 2 rings (SSSR count). The van der Waals surface area contributed by atoms with Crippen LogP contribution >= 0.6 is 0 Å². The third-order valence-electron chi connectivity index (χ3n) is 2.20. The Hall–Kier alpha value is -2.17. The number of carbonyl (C=O) groups is 1. The fraction of sp³-hybridized carbons (Fsp3) is 0.0909. The molecule has 5 heteroatoms. The van der Waals surface area contributed by atoms with E-state index in [0.29, 0.717) is 5.39 Å². The van der Waals surface area contributed by atoms with Gasteiger partial charge in [0, 0.05) is 11.5 Å². The van der Waals surface area contributed by atoms with Crippen LogP contribution in [-0.2, 0) is 4.74 Å². The molecule has 1 aromatic heterocycles. The smallest absolute Gasteiger partial charge is 0.340 e. The Balaban J connectivity index is 2.84. The van der Waals surface area contributed by atoms with Crippen molar-refractivity contribution >= 4 is 16.9 Å². The topological polar surface area (TPSA) is 59.2 Å². The summed E-state index contributed by atoms with van der Waals surface area (Å²) in [4.78, 5) is 25.0. The number of aromatic amines is 1. The van der Waals surface area contributed by atoms with Gasteiger partial charge in [-0.2, -0.15) is 0 Å². The van der Waals surface area contributed by atoms with Crippen molar-refractivity contribution in [1.82, 2.24) is 4.98 Å². The Morgan fingerprint density at radius 3 is 2.81 bits per heavy atom. The monoisotopic (exact) mass is 221 g/mol. The summed E-state index contributed by atoms with van der Waals surface area (Å²) in [5, 5.41) is 0.444. The summed E-state index contributed by atoms with van der Waals surface area (Å²) in [5.41, 5.74) is -0.0692. The number of ether oxygens (including phenoxy) is 1. The zero-order valence-electron chi connectivity index (χ0n) is 8.41. The Labute approximate surface area is 89.7 Å². The van der Waals surface area contributed by atoms with Crippen LogP contribution in [0.25, 0.3) is 10.9 Å². The molecule has 4 nitrogen and oxygen atoms in total. The lowest BCUT2D eigenvalue weighted by molar-refractivity contribution is 0.0602. The molecule has 0 fully saturated rings. The molecule has 0 spiro atoms. The minimum absolute atomic E-state index is 0.00944. The summed E-state index contributed by atoms with van der Waals surface area (Å²) in [7, 11) is 1.19. The Morgan fingerprint density at radius 2 is 2.12 bits per heavy atom. The Bertz CT molecular complexity index is 618. The van der Waals surface area contributed by atoms with Crippen LogP contribution in [0.15, 0.2) is 29.1 Å². The van der Waals surface area contributed by atoms with Crippen LogP contribution in [0.4, 0.5) is 4.39 Å². The van der Waals surface area contributed by atoms with Gasteiger partial charge in [0.15, 0.2) is 0 Å². The number of halogens is 1. The number of fused-ring (bicyclic) bond motifs is 1. The summed E-state index contributed by atoms with van der Waals surface area (Å²) in [6.45, 7) is 0. The maximum absolute atomic E-state index is 13.2. The minimum atomic E-state index is -0.689. The van der Waals surface area contributed by atoms with Gasteiger partial charge in [-0.1, -0.05) is 0 Å². The van der Waals surface area contributed by atoms with Crippen molar-refractivity contribution in [3.63, 3.8) is 0 Å². The first-order valence-corrected chi connectivity index (χ1v) is 4.52. The number of aromatic nitrogens is 1. The van der Waals surface area contributed by atoms with Gasteiger partial charge in [0.25, 0.3) is 0 Å². The highest BCUT2D eigenvalue weighted by Crippen LogP contribution is 2.17. The third-order valence-corrected chi connectivity index (χ3v) is 2.20. The summed E-state index contributed by atoms with van der Waals surface area (Å²) < 4.78 is 17.7. The summed E-state index contributed by atoms with van der Waals surface area (Å²) in [6.07, 6.45) is 0. The number of nitrogens with one attached hydrogen (secondary N) is 1. The number of esters is 1. The first-order chi connectivity index (χ1) is 7.61. The van der Waals surface area contributed by atoms with Crippen LogP contribution in [0, 0.1) is 5.82 Å². The zero-order chi connectivity index (χ0) is 11.7. The Morgan fingerprint density at radius 1 is 1.38 bits per heavy atom. The highest BCUT2D eigenvalue weighted by atomic mass is 19.1. The predicted molar refractivity (Wildman–Crippen MR) is 55.9 cm³/mol. The maximum atomic E-state index is 13.2. The fourth-order valence-electron chi connectivity index (χ4n) is 1.50. The van der Waals surface area contributed by atoms with Gasteiger partial charge in [-0.15, -0.1) is 0 Å². The van der Waals surface area contributed by atoms with Crippen molar-refractivity contribution in [1.29, 1.82) is 0 Å². The first-order valence-electron chi connectivity index (χ1n) is 4.52. The number of methoxy groups -OCH3 is 1. The Kier molecular flexibility index (Phi) is 2.44. The van der Waals surface area contributed by atoms with E-state index < -0.39 is 11.8 Å². The summed E-state index contributed by atoms with van der Waals surface area (Å²) >= 11 is 0. The second-order valence-electron chi connectivity index (χ2n) is 3.23. The average molecular weight is 221 g/mol. The number of carbonyl (C=O) groups excluding carboxylic acids is 1. The zero-order valence-corrected chi connectivity index (χ0v) is 8.41. The van der Waals surface area contributed by atoms with E-state index in [2.05, 4.69) is 9.72 Å². The van der Waals surface area contributed by atoms with Crippen molar-refractivity contribution in [2.75, 3.05) is 7.11 Å². The molecule has 0 amide bonds. The van der Waals surface area contributed by atoms with Crippen LogP contribution in [0.5, 0.6) is 0 Å². The molecule has 0 aliphatic carbocycles. The van der Waals surface area contributed by atoms with E-state index >= 15 is 0 Å². The average Bonchev–Trinajstić information content (AvgIpc) is 2.27. The second-order valence-corrected chi connectivity index (χ2v) is 3.23. The lowest BCUT2D eigenvalue weighted by Gasteiger charge is -2.04. The minimum Gasteiger partial charge on any atom is -0.465 e. The number of hydrogen-bond acceptors (Lipinski definition) is 3. The summed E-state index contributed by atoms with van der Waals surface area (Å²) in [6, 6.07) is 4.98. The molecule has 0 saturated heterocycles. The molecule has 2 aromatic rings. The van der Waals surface area contributed by atoms with Crippen molar-refractivity contribution in [3.8, 4) is 0 Å². The van der Waals surface area contributed by atoms with Crippen LogP contribution in [-0.4, -0.2) is 18.1 Å². The lowest BCUT2D eigenvalue weighted by Crippen LogP contribution is -2.09. The van der Waals surface area contributed by atoms with E-state index in [9.17, 15) is 14.0 Å². The molecule has 1 heterocycles. The fourth-order valence-corrected chi connectivity index (χ4v) is 1.50. The molecule has 0 aliphatic rings. The van der Waals surface area contributed by atoms with Gasteiger partial charge in [-0.05, 0) is 18.2 Å². The van der Waals surface area contributed by atoms with Crippen LogP contribution < -0.4 is 5.56 Å². The number of H-pyrrole nitrogens is 1. The number of hydrogen-bond donors (Lipinski definition) is 1. The van der Waals surface area contributed by atoms with E-state index in [1.54, 1.807) is 0 Å². The van der Waals surface area contributed by atoms with Gasteiger partial charge in [-0.25, -0.2) is 9.18 Å². The molecule has 0 atom stereocenters. The molecule has 0 radical (unpaired) electrons. The van der Waals surface area contributed by atoms with Crippen LogP contribution in [0.1, 0.15) is 10.4 Å². The number of rotatable bonds is 1. The highest BCUT2D eigenvalue weighted by Gasteiger charge is 2.12. The van der Waals surface area contributed by atoms with Crippen molar-refractivity contribution in [3.05, 3.63) is 46.0 Å². The number of benzene rings is 1. The number of pyridine rings is 1. The molecule has 82 valence electrons. The van der Waals surface area contributed by atoms with Gasteiger partial charge < -0.3 is 9.72 Å². The maximum Gasteiger partial charge on any atom is 0.340 e. The van der Waals surface area contributed by atoms with Crippen molar-refractivity contribution in [2.45, 2.75) is 0 Å². The van der Waals surface area contributed by atoms with Gasteiger partial charge in [0.05, 0.1) is 18.2 Å². The molecule has 0 unspecified atom stereocenters. The molecule has 1 N–H and O–H groups in total. The second kappa shape index (κ2) is 3.77. The van der Waals surface area contributed by atoms with E-state index in [1.807, 2.05) is 0 Å². The third kappa shape index (κ3) is 1.67. The molecule has 0 bridgehead atoms. The van der Waals surface area contributed by atoms with Gasteiger partial charge >= 0.3 is 5.97 Å². The van der Waals surface area contributed by atoms with E-state index in [0.717, 1.165) is 6.07 Å². The highest BCUT2D eigenvalue weighted by molar-refractivity contribution is 6.02. The largest absolute Gasteiger partial charge is 0.465 e. The van der Waals surface area contributed by atoms with Crippen LogP contribution in [0.3, 0.4) is 0 Å². The van der Waals surface area contributed by atoms with Gasteiger partial charge in [0.2, 0.25) is 5.56 Å². The summed E-state index contributed by atoms with van der Waals surface area (Å²) in [5.74, 6) is -1.24. The van der Waals surface area contributed by atoms with E-state index in [1.165, 1.54) is 25.3 Å². The van der Waals surface area contributed by atoms with E-state index in [-0.39, 0.29) is 16.6 Å². The molecule has 0 aliphatic heterocycles. The SMILES string of the molecule is COC(=O)c1cc(F)cc2ccc(=O)[nH]c12. The molecule has 1 aromatic carbocycles. The van der Waals surface area contributed by atoms with Gasteiger partial charge in [0.1, 0.15) is 5.82 Å². The van der Waals surface area contributed by atoms with Crippen LogP contribution in [0.2, 0.25) is 0 Å². The predicted octanol–water partition coefficient (Wildman–Crippen LogP) is 1.45. The van der Waals surface area contributed by atoms with E-state index in [4.69, 9.17) is 0 Å². The van der Waals surface area contributed by atoms with Gasteiger partial charge in [-0.3, -0.25) is 4.79 Å². The molecule has 0 saturated carbocycles. The molecular formula is C11H8FNO3. The quantitative estimate of drug-likeness (QED) is 0.741.